The first-order valence-electron chi connectivity index (χ1n) is 11.3. The molecule has 4 saturated carbocycles. The molecule has 2 heterocycles. The topological polar surface area (TPSA) is 46.1 Å². The maximum absolute atomic E-state index is 14.3. The summed E-state index contributed by atoms with van der Waals surface area (Å²) in [6, 6.07) is 9.79. The molecule has 3 aromatic rings. The van der Waals surface area contributed by atoms with Gasteiger partial charge in [-0.3, -0.25) is 14.7 Å². The van der Waals surface area contributed by atoms with Crippen LogP contribution in [0.4, 0.5) is 5.13 Å². The van der Waals surface area contributed by atoms with E-state index in [1.165, 1.54) is 19.3 Å². The normalized spacial score (nSPS) is 28.9. The zero-order valence-electron chi connectivity index (χ0n) is 17.7. The standard InChI is InChI=1S/C25H26ClN3OS/c1-15-6-19(26)10-21-22(15)28-24(31-21)29(14-20-4-2-3-5-27-20)23(30)25-11-16-7-17(12-25)9-18(8-16)13-25/h2-6,10,16-18H,7-9,11-14H2,1H3. The van der Waals surface area contributed by atoms with Crippen molar-refractivity contribution in [1.82, 2.24) is 9.97 Å². The lowest BCUT2D eigenvalue weighted by Crippen LogP contribution is -2.54. The van der Waals surface area contributed by atoms with Crippen molar-refractivity contribution < 1.29 is 4.79 Å². The number of nitrogens with zero attached hydrogens (tertiary/aromatic N) is 3. The molecule has 0 N–H and O–H groups in total. The Hall–Kier alpha value is -1.98. The number of aryl methyl sites for hydroxylation is 1. The molecule has 0 unspecified atom stereocenters. The summed E-state index contributed by atoms with van der Waals surface area (Å²) in [5.74, 6) is 2.44. The molecule has 1 amide bonds. The van der Waals surface area contributed by atoms with E-state index in [-0.39, 0.29) is 11.3 Å². The first-order chi connectivity index (χ1) is 15.0. The number of pyridine rings is 1. The number of carbonyl (C=O) groups is 1. The molecule has 6 heteroatoms. The highest BCUT2D eigenvalue weighted by atomic mass is 35.5. The van der Waals surface area contributed by atoms with Gasteiger partial charge in [-0.15, -0.1) is 0 Å². The van der Waals surface area contributed by atoms with Crippen LogP contribution in [0.3, 0.4) is 0 Å². The molecule has 1 aromatic carbocycles. The van der Waals surface area contributed by atoms with Gasteiger partial charge >= 0.3 is 0 Å². The average Bonchev–Trinajstić information content (AvgIpc) is 3.15. The highest BCUT2D eigenvalue weighted by Gasteiger charge is 2.56. The molecule has 31 heavy (non-hydrogen) atoms. The van der Waals surface area contributed by atoms with Gasteiger partial charge in [-0.2, -0.15) is 0 Å². The maximum Gasteiger partial charge on any atom is 0.235 e. The van der Waals surface area contributed by atoms with Gasteiger partial charge < -0.3 is 0 Å². The second-order valence-electron chi connectivity index (χ2n) is 9.98. The number of carbonyl (C=O) groups excluding carboxylic acids is 1. The van der Waals surface area contributed by atoms with E-state index >= 15 is 0 Å². The Balaban J connectivity index is 1.42. The van der Waals surface area contributed by atoms with Gasteiger partial charge in [-0.05, 0) is 93.0 Å². The number of amides is 1. The Kier molecular flexibility index (Phi) is 4.62. The molecule has 0 atom stereocenters. The summed E-state index contributed by atoms with van der Waals surface area (Å²) < 4.78 is 1.03. The van der Waals surface area contributed by atoms with Crippen molar-refractivity contribution >= 4 is 44.2 Å². The van der Waals surface area contributed by atoms with Crippen LogP contribution in [0.2, 0.25) is 5.02 Å². The summed E-state index contributed by atoms with van der Waals surface area (Å²) in [6.07, 6.45) is 8.92. The van der Waals surface area contributed by atoms with Crippen LogP contribution < -0.4 is 4.90 Å². The number of halogens is 1. The average molecular weight is 452 g/mol. The van der Waals surface area contributed by atoms with Gasteiger partial charge in [-0.25, -0.2) is 4.98 Å². The van der Waals surface area contributed by atoms with Gasteiger partial charge in [0.1, 0.15) is 0 Å². The third-order valence-corrected chi connectivity index (χ3v) is 8.90. The lowest BCUT2D eigenvalue weighted by Gasteiger charge is -2.56. The van der Waals surface area contributed by atoms with E-state index in [9.17, 15) is 4.79 Å². The van der Waals surface area contributed by atoms with E-state index in [1.807, 2.05) is 42.2 Å². The van der Waals surface area contributed by atoms with Crippen molar-refractivity contribution in [2.45, 2.75) is 52.0 Å². The van der Waals surface area contributed by atoms with Crippen LogP contribution in [0.5, 0.6) is 0 Å². The largest absolute Gasteiger partial charge is 0.282 e. The van der Waals surface area contributed by atoms with E-state index in [0.29, 0.717) is 11.6 Å². The van der Waals surface area contributed by atoms with Crippen LogP contribution in [-0.2, 0) is 11.3 Å². The van der Waals surface area contributed by atoms with Gasteiger partial charge in [0.25, 0.3) is 0 Å². The summed E-state index contributed by atoms with van der Waals surface area (Å²) >= 11 is 7.87. The molecule has 0 spiro atoms. The van der Waals surface area contributed by atoms with Crippen LogP contribution in [-0.4, -0.2) is 15.9 Å². The third kappa shape index (κ3) is 3.37. The second-order valence-corrected chi connectivity index (χ2v) is 11.4. The highest BCUT2D eigenvalue weighted by molar-refractivity contribution is 7.22. The number of fused-ring (bicyclic) bond motifs is 1. The van der Waals surface area contributed by atoms with E-state index in [0.717, 1.165) is 63.6 Å². The molecule has 0 aliphatic heterocycles. The summed E-state index contributed by atoms with van der Waals surface area (Å²) in [5.41, 5.74) is 2.67. The molecule has 0 radical (unpaired) electrons. The van der Waals surface area contributed by atoms with Crippen LogP contribution in [0.1, 0.15) is 49.8 Å². The Morgan fingerprint density at radius 1 is 1.16 bits per heavy atom. The fourth-order valence-corrected chi connectivity index (χ4v) is 8.21. The molecule has 2 aromatic heterocycles. The van der Waals surface area contributed by atoms with Gasteiger partial charge in [0.2, 0.25) is 5.91 Å². The summed E-state index contributed by atoms with van der Waals surface area (Å²) in [7, 11) is 0. The van der Waals surface area contributed by atoms with Crippen molar-refractivity contribution in [2.75, 3.05) is 4.90 Å². The zero-order chi connectivity index (χ0) is 21.2. The number of rotatable bonds is 4. The zero-order valence-corrected chi connectivity index (χ0v) is 19.3. The quantitative estimate of drug-likeness (QED) is 0.460. The maximum atomic E-state index is 14.3. The lowest BCUT2D eigenvalue weighted by atomic mass is 9.49. The molecular weight excluding hydrogens is 426 g/mol. The van der Waals surface area contributed by atoms with Crippen molar-refractivity contribution in [2.24, 2.45) is 23.2 Å². The summed E-state index contributed by atoms with van der Waals surface area (Å²) in [4.78, 5) is 25.7. The smallest absolute Gasteiger partial charge is 0.235 e. The van der Waals surface area contributed by atoms with Crippen molar-refractivity contribution in [3.63, 3.8) is 0 Å². The van der Waals surface area contributed by atoms with Crippen molar-refractivity contribution in [3.05, 3.63) is 52.8 Å². The minimum Gasteiger partial charge on any atom is -0.282 e. The Morgan fingerprint density at radius 3 is 2.52 bits per heavy atom. The van der Waals surface area contributed by atoms with E-state index < -0.39 is 0 Å². The number of thiazole rings is 1. The monoisotopic (exact) mass is 451 g/mol. The Bertz CT molecular complexity index is 1120. The van der Waals surface area contributed by atoms with Gasteiger partial charge in [0.15, 0.2) is 5.13 Å². The van der Waals surface area contributed by atoms with Crippen LogP contribution in [0.15, 0.2) is 36.5 Å². The minimum atomic E-state index is -0.214. The van der Waals surface area contributed by atoms with Crippen LogP contribution in [0.25, 0.3) is 10.2 Å². The van der Waals surface area contributed by atoms with Crippen molar-refractivity contribution in [1.29, 1.82) is 0 Å². The molecule has 4 aliphatic rings. The molecule has 160 valence electrons. The molecule has 4 bridgehead atoms. The third-order valence-electron chi connectivity index (χ3n) is 7.65. The highest BCUT2D eigenvalue weighted by Crippen LogP contribution is 2.61. The van der Waals surface area contributed by atoms with Gasteiger partial charge in [0, 0.05) is 11.2 Å². The number of aromatic nitrogens is 2. The number of benzene rings is 1. The number of anilines is 1. The fraction of sp³-hybridized carbons (Fsp3) is 0.480. The summed E-state index contributed by atoms with van der Waals surface area (Å²) in [6.45, 7) is 2.50. The van der Waals surface area contributed by atoms with Gasteiger partial charge in [-0.1, -0.05) is 29.0 Å². The Morgan fingerprint density at radius 2 is 1.87 bits per heavy atom. The molecule has 0 saturated heterocycles. The Labute approximate surface area is 191 Å². The predicted octanol–water partition coefficient (Wildman–Crippen LogP) is 6.40. The molecule has 4 fully saturated rings. The number of hydrogen-bond donors (Lipinski definition) is 0. The molecule has 7 rings (SSSR count). The van der Waals surface area contributed by atoms with Crippen LogP contribution >= 0.6 is 22.9 Å². The minimum absolute atomic E-state index is 0.214. The predicted molar refractivity (Wildman–Crippen MR) is 125 cm³/mol. The van der Waals surface area contributed by atoms with E-state index in [2.05, 4.69) is 4.98 Å². The van der Waals surface area contributed by atoms with Crippen LogP contribution in [0, 0.1) is 30.1 Å². The lowest BCUT2D eigenvalue weighted by molar-refractivity contribution is -0.143. The molecule has 4 aliphatic carbocycles. The second kappa shape index (κ2) is 7.28. The summed E-state index contributed by atoms with van der Waals surface area (Å²) in [5, 5.41) is 1.48. The first kappa shape index (κ1) is 19.7. The SMILES string of the molecule is Cc1cc(Cl)cc2sc(N(Cc3ccccn3)C(=O)C34CC5CC(CC(C5)C3)C4)nc12. The molecule has 4 nitrogen and oxygen atoms in total. The molecular formula is C25H26ClN3OS. The van der Waals surface area contributed by atoms with E-state index in [4.69, 9.17) is 16.6 Å². The first-order valence-corrected chi connectivity index (χ1v) is 12.5. The number of hydrogen-bond acceptors (Lipinski definition) is 4. The van der Waals surface area contributed by atoms with Gasteiger partial charge in [0.05, 0.1) is 27.9 Å². The van der Waals surface area contributed by atoms with Crippen molar-refractivity contribution in [3.8, 4) is 0 Å². The fourth-order valence-electron chi connectivity index (χ4n) is 6.80. The van der Waals surface area contributed by atoms with E-state index in [1.54, 1.807) is 17.5 Å².